The van der Waals surface area contributed by atoms with Crippen LogP contribution in [0.4, 0.5) is 0 Å². The molecule has 0 amide bonds. The molecular weight excluding hydrogens is 354 g/mol. The molecule has 0 saturated heterocycles. The topological polar surface area (TPSA) is 23.5 Å². The molecule has 0 unspecified atom stereocenters. The second-order valence-corrected chi connectivity index (χ2v) is 7.94. The lowest BCUT2D eigenvalue weighted by atomic mass is 9.88. The average Bonchev–Trinajstić information content (AvgIpc) is 2.78. The van der Waals surface area contributed by atoms with Gasteiger partial charge in [-0.15, -0.1) is 0 Å². The second kappa shape index (κ2) is 10.9. The summed E-state index contributed by atoms with van der Waals surface area (Å²) in [5.74, 6) is 0.379. The fourth-order valence-electron chi connectivity index (χ4n) is 3.98. The maximum absolute atomic E-state index is 11.2. The molecule has 0 saturated carbocycles. The number of nitrogens with zero attached hydrogens (tertiary/aromatic N) is 1. The summed E-state index contributed by atoms with van der Waals surface area (Å²) in [5, 5.41) is 11.2. The van der Waals surface area contributed by atoms with Crippen LogP contribution >= 0.6 is 0 Å². The van der Waals surface area contributed by atoms with Gasteiger partial charge in [-0.1, -0.05) is 97.9 Å². The molecule has 0 aliphatic heterocycles. The van der Waals surface area contributed by atoms with Crippen LogP contribution in [0, 0.1) is 0 Å². The van der Waals surface area contributed by atoms with Crippen LogP contribution in [0.1, 0.15) is 49.3 Å². The highest BCUT2D eigenvalue weighted by Crippen LogP contribution is 2.27. The van der Waals surface area contributed by atoms with E-state index in [1.807, 2.05) is 0 Å². The van der Waals surface area contributed by atoms with E-state index in [1.54, 1.807) is 0 Å². The Morgan fingerprint density at radius 3 is 1.62 bits per heavy atom. The van der Waals surface area contributed by atoms with Crippen molar-refractivity contribution < 1.29 is 5.11 Å². The van der Waals surface area contributed by atoms with Crippen LogP contribution in [0.25, 0.3) is 0 Å². The second-order valence-electron chi connectivity index (χ2n) is 7.94. The van der Waals surface area contributed by atoms with Gasteiger partial charge >= 0.3 is 0 Å². The van der Waals surface area contributed by atoms with Gasteiger partial charge in [-0.3, -0.25) is 4.90 Å². The van der Waals surface area contributed by atoms with E-state index in [-0.39, 0.29) is 12.1 Å². The van der Waals surface area contributed by atoms with Crippen molar-refractivity contribution in [2.45, 2.75) is 57.8 Å². The number of hydrogen-bond acceptors (Lipinski definition) is 2. The molecule has 152 valence electrons. The molecule has 2 heteroatoms. The minimum absolute atomic E-state index is 0.0631. The van der Waals surface area contributed by atoms with Crippen molar-refractivity contribution in [3.63, 3.8) is 0 Å². The molecule has 0 bridgehead atoms. The predicted octanol–water partition coefficient (Wildman–Crippen LogP) is 6.02. The monoisotopic (exact) mass is 387 g/mol. The van der Waals surface area contributed by atoms with Crippen LogP contribution < -0.4 is 0 Å². The highest BCUT2D eigenvalue weighted by atomic mass is 16.3. The number of rotatable bonds is 10. The van der Waals surface area contributed by atoms with E-state index >= 15 is 0 Å². The van der Waals surface area contributed by atoms with Crippen molar-refractivity contribution >= 4 is 0 Å². The summed E-state index contributed by atoms with van der Waals surface area (Å²) in [6, 6.07) is 31.7. The zero-order valence-corrected chi connectivity index (χ0v) is 17.6. The van der Waals surface area contributed by atoms with Crippen LogP contribution in [0.5, 0.6) is 0 Å². The lowest BCUT2D eigenvalue weighted by molar-refractivity contribution is 0.0389. The van der Waals surface area contributed by atoms with Crippen molar-refractivity contribution in [2.24, 2.45) is 0 Å². The van der Waals surface area contributed by atoms with Crippen molar-refractivity contribution in [3.8, 4) is 0 Å². The first-order chi connectivity index (χ1) is 14.2. The van der Waals surface area contributed by atoms with E-state index in [0.717, 1.165) is 25.9 Å². The van der Waals surface area contributed by atoms with E-state index in [0.29, 0.717) is 5.92 Å². The molecule has 3 rings (SSSR count). The van der Waals surface area contributed by atoms with Crippen molar-refractivity contribution in [1.29, 1.82) is 0 Å². The first-order valence-corrected chi connectivity index (χ1v) is 10.7. The van der Waals surface area contributed by atoms with Crippen molar-refractivity contribution in [3.05, 3.63) is 108 Å². The van der Waals surface area contributed by atoms with Gasteiger partial charge in [0.05, 0.1) is 6.10 Å². The Morgan fingerprint density at radius 2 is 1.17 bits per heavy atom. The van der Waals surface area contributed by atoms with Gasteiger partial charge < -0.3 is 5.11 Å². The normalized spacial score (nSPS) is 14.5. The minimum Gasteiger partial charge on any atom is -0.391 e. The number of benzene rings is 3. The first kappa shape index (κ1) is 21.3. The highest BCUT2D eigenvalue weighted by Gasteiger charge is 2.25. The zero-order valence-electron chi connectivity index (χ0n) is 17.6. The lowest BCUT2D eigenvalue weighted by Gasteiger charge is -2.34. The van der Waals surface area contributed by atoms with Gasteiger partial charge in [-0.2, -0.15) is 0 Å². The molecule has 3 aromatic carbocycles. The molecule has 1 N–H and O–H groups in total. The maximum Gasteiger partial charge on any atom is 0.0698 e. The minimum atomic E-state index is -0.382. The molecule has 0 aliphatic rings. The zero-order chi connectivity index (χ0) is 20.5. The number of hydrogen-bond donors (Lipinski definition) is 1. The Hall–Kier alpha value is -2.42. The smallest absolute Gasteiger partial charge is 0.0698 e. The average molecular weight is 388 g/mol. The maximum atomic E-state index is 11.2. The van der Waals surface area contributed by atoms with Gasteiger partial charge in [-0.05, 0) is 42.4 Å². The van der Waals surface area contributed by atoms with Crippen LogP contribution in [-0.4, -0.2) is 22.2 Å². The SMILES string of the molecule is CC[C@@H](C[C@H](O)[C@@H](C)N(Cc1ccccc1)Cc1ccccc1)c1ccccc1. The largest absolute Gasteiger partial charge is 0.391 e. The Bertz CT molecular complexity index is 777. The molecule has 2 nitrogen and oxygen atoms in total. The molecule has 3 atom stereocenters. The van der Waals surface area contributed by atoms with Gasteiger partial charge in [0.25, 0.3) is 0 Å². The summed E-state index contributed by atoms with van der Waals surface area (Å²) in [6.07, 6.45) is 1.43. The molecule has 0 heterocycles. The van der Waals surface area contributed by atoms with Crippen LogP contribution in [0.3, 0.4) is 0 Å². The van der Waals surface area contributed by atoms with E-state index < -0.39 is 0 Å². The lowest BCUT2D eigenvalue weighted by Crippen LogP contribution is -2.41. The van der Waals surface area contributed by atoms with Gasteiger partial charge in [0.2, 0.25) is 0 Å². The Kier molecular flexibility index (Phi) is 8.03. The molecule has 0 fully saturated rings. The Labute approximate surface area is 175 Å². The standard InChI is InChI=1S/C27H33NO/c1-3-25(26-17-11-6-12-18-26)19-27(29)22(2)28(20-23-13-7-4-8-14-23)21-24-15-9-5-10-16-24/h4-18,22,25,27,29H,3,19-21H2,1-2H3/t22-,25+,27+/m1/s1. The van der Waals surface area contributed by atoms with E-state index in [4.69, 9.17) is 0 Å². The summed E-state index contributed by atoms with van der Waals surface area (Å²) in [5.41, 5.74) is 3.87. The van der Waals surface area contributed by atoms with E-state index in [1.165, 1.54) is 16.7 Å². The molecule has 0 radical (unpaired) electrons. The molecule has 29 heavy (non-hydrogen) atoms. The van der Waals surface area contributed by atoms with Crippen molar-refractivity contribution in [2.75, 3.05) is 0 Å². The molecule has 0 spiro atoms. The third-order valence-corrected chi connectivity index (χ3v) is 5.88. The van der Waals surface area contributed by atoms with Gasteiger partial charge in [0, 0.05) is 19.1 Å². The van der Waals surface area contributed by atoms with Crippen molar-refractivity contribution in [1.82, 2.24) is 4.90 Å². The van der Waals surface area contributed by atoms with Crippen LogP contribution in [0.2, 0.25) is 0 Å². The quantitative estimate of drug-likeness (QED) is 0.460. The summed E-state index contributed by atoms with van der Waals surface area (Å²) >= 11 is 0. The third-order valence-electron chi connectivity index (χ3n) is 5.88. The Morgan fingerprint density at radius 1 is 0.724 bits per heavy atom. The third kappa shape index (κ3) is 6.28. The summed E-state index contributed by atoms with van der Waals surface area (Å²) < 4.78 is 0. The summed E-state index contributed by atoms with van der Waals surface area (Å²) in [6.45, 7) is 6.03. The molecular formula is C27H33NO. The predicted molar refractivity (Wildman–Crippen MR) is 122 cm³/mol. The first-order valence-electron chi connectivity index (χ1n) is 10.7. The molecule has 3 aromatic rings. The van der Waals surface area contributed by atoms with Gasteiger partial charge in [0.15, 0.2) is 0 Å². The van der Waals surface area contributed by atoms with Crippen LogP contribution in [-0.2, 0) is 13.1 Å². The fourth-order valence-corrected chi connectivity index (χ4v) is 3.98. The van der Waals surface area contributed by atoms with E-state index in [2.05, 4.69) is 110 Å². The molecule has 0 aromatic heterocycles. The van der Waals surface area contributed by atoms with Crippen LogP contribution in [0.15, 0.2) is 91.0 Å². The van der Waals surface area contributed by atoms with Gasteiger partial charge in [0.1, 0.15) is 0 Å². The van der Waals surface area contributed by atoms with Gasteiger partial charge in [-0.25, -0.2) is 0 Å². The number of aliphatic hydroxyl groups excluding tert-OH is 1. The fraction of sp³-hybridized carbons (Fsp3) is 0.333. The summed E-state index contributed by atoms with van der Waals surface area (Å²) in [7, 11) is 0. The molecule has 0 aliphatic carbocycles. The summed E-state index contributed by atoms with van der Waals surface area (Å²) in [4.78, 5) is 2.40. The Balaban J connectivity index is 1.74. The highest BCUT2D eigenvalue weighted by molar-refractivity contribution is 5.20. The van der Waals surface area contributed by atoms with E-state index in [9.17, 15) is 5.11 Å². The number of aliphatic hydroxyl groups is 1.